The average molecular weight is 479 g/mol. The molecule has 182 valence electrons. The fourth-order valence-electron chi connectivity index (χ4n) is 3.62. The lowest BCUT2D eigenvalue weighted by Crippen LogP contribution is -2.48. The summed E-state index contributed by atoms with van der Waals surface area (Å²) in [6, 6.07) is 4.73. The van der Waals surface area contributed by atoms with Crippen molar-refractivity contribution in [2.24, 2.45) is 5.73 Å². The van der Waals surface area contributed by atoms with Gasteiger partial charge in [-0.3, -0.25) is 9.69 Å². The second kappa shape index (κ2) is 13.3. The molecule has 2 fully saturated rings. The molecule has 2 heterocycles. The van der Waals surface area contributed by atoms with Crippen molar-refractivity contribution in [1.82, 2.24) is 4.90 Å². The Morgan fingerprint density at radius 3 is 2.48 bits per heavy atom. The highest BCUT2D eigenvalue weighted by molar-refractivity contribution is 8.02. The van der Waals surface area contributed by atoms with Crippen molar-refractivity contribution in [2.45, 2.75) is 33.3 Å². The number of benzene rings is 1. The number of anilines is 2. The maximum atomic E-state index is 14.8. The van der Waals surface area contributed by atoms with E-state index >= 15 is 0 Å². The third-order valence-electron chi connectivity index (χ3n) is 5.34. The number of ether oxygens (including phenoxy) is 1. The van der Waals surface area contributed by atoms with Gasteiger partial charge in [-0.15, -0.1) is 11.8 Å². The van der Waals surface area contributed by atoms with Crippen LogP contribution in [0.1, 0.15) is 27.2 Å². The standard InChI is InChI=1S/C22H29FN4O3S.C2H6/c1-3-4-18(31-2)6-8-21(28)26-11-9-25(10-12-26)20-7-5-16(13-19(20)23)27-15-17(14-24)30-22(27)29;1-2/h4-8,13,17H,3,9-12,14-15,24H2,1-2H3;1-2H3/b8-6+,18-4-;/t17-;/m0./s1. The zero-order chi connectivity index (χ0) is 24.4. The van der Waals surface area contributed by atoms with E-state index in [9.17, 15) is 14.0 Å². The predicted molar refractivity (Wildman–Crippen MR) is 134 cm³/mol. The molecule has 2 N–H and O–H groups in total. The lowest BCUT2D eigenvalue weighted by Gasteiger charge is -2.36. The quantitative estimate of drug-likeness (QED) is 0.471. The zero-order valence-corrected chi connectivity index (χ0v) is 20.7. The van der Waals surface area contributed by atoms with Crippen molar-refractivity contribution >= 4 is 35.1 Å². The zero-order valence-electron chi connectivity index (χ0n) is 19.9. The van der Waals surface area contributed by atoms with Gasteiger partial charge in [-0.25, -0.2) is 9.18 Å². The highest BCUT2D eigenvalue weighted by Gasteiger charge is 2.32. The Kier molecular flexibility index (Phi) is 10.7. The number of cyclic esters (lactones) is 1. The second-order valence-corrected chi connectivity index (χ2v) is 8.23. The summed E-state index contributed by atoms with van der Waals surface area (Å²) in [6.45, 7) is 8.72. The summed E-state index contributed by atoms with van der Waals surface area (Å²) in [5.41, 5.74) is 6.47. The van der Waals surface area contributed by atoms with Gasteiger partial charge in [0.05, 0.1) is 17.9 Å². The third kappa shape index (κ3) is 6.98. The Morgan fingerprint density at radius 1 is 1.24 bits per heavy atom. The molecule has 2 aliphatic rings. The maximum Gasteiger partial charge on any atom is 0.414 e. The number of piperazine rings is 1. The minimum atomic E-state index is -0.513. The van der Waals surface area contributed by atoms with Gasteiger partial charge in [0.1, 0.15) is 11.9 Å². The van der Waals surface area contributed by atoms with Crippen LogP contribution in [0.2, 0.25) is 0 Å². The number of halogens is 1. The topological polar surface area (TPSA) is 79.1 Å². The van der Waals surface area contributed by atoms with Crippen molar-refractivity contribution in [3.63, 3.8) is 0 Å². The minimum absolute atomic E-state index is 0.0338. The van der Waals surface area contributed by atoms with Crippen LogP contribution >= 0.6 is 11.8 Å². The Balaban J connectivity index is 0.00000187. The van der Waals surface area contributed by atoms with Crippen LogP contribution in [0.25, 0.3) is 0 Å². The molecule has 1 aromatic rings. The molecule has 33 heavy (non-hydrogen) atoms. The fourth-order valence-corrected chi connectivity index (χ4v) is 4.16. The first kappa shape index (κ1) is 26.7. The highest BCUT2D eigenvalue weighted by atomic mass is 32.2. The molecule has 0 aromatic heterocycles. The van der Waals surface area contributed by atoms with Gasteiger partial charge in [-0.2, -0.15) is 0 Å². The summed E-state index contributed by atoms with van der Waals surface area (Å²) in [6.07, 6.45) is 7.55. The minimum Gasteiger partial charge on any atom is -0.443 e. The molecule has 0 radical (unpaired) electrons. The number of thioether (sulfide) groups is 1. The molecule has 9 heteroatoms. The molecule has 0 unspecified atom stereocenters. The molecule has 7 nitrogen and oxygen atoms in total. The molecule has 0 aliphatic carbocycles. The van der Waals surface area contributed by atoms with E-state index in [-0.39, 0.29) is 18.6 Å². The Morgan fingerprint density at radius 2 is 1.94 bits per heavy atom. The number of hydrogen-bond acceptors (Lipinski definition) is 6. The normalized spacial score (nSPS) is 19.0. The highest BCUT2D eigenvalue weighted by Crippen LogP contribution is 2.28. The molecule has 2 amide bonds. The van der Waals surface area contributed by atoms with E-state index in [4.69, 9.17) is 10.5 Å². The van der Waals surface area contributed by atoms with Crippen molar-refractivity contribution in [1.29, 1.82) is 0 Å². The maximum absolute atomic E-state index is 14.8. The monoisotopic (exact) mass is 478 g/mol. The van der Waals surface area contributed by atoms with Crippen LogP contribution < -0.4 is 15.5 Å². The number of amides is 2. The van der Waals surface area contributed by atoms with Gasteiger partial charge < -0.3 is 20.3 Å². The van der Waals surface area contributed by atoms with Gasteiger partial charge in [-0.05, 0) is 37.0 Å². The van der Waals surface area contributed by atoms with Crippen LogP contribution in [0.5, 0.6) is 0 Å². The van der Waals surface area contributed by atoms with Crippen LogP contribution in [-0.4, -0.2) is 68.5 Å². The smallest absolute Gasteiger partial charge is 0.414 e. The average Bonchev–Trinajstić information content (AvgIpc) is 3.23. The summed E-state index contributed by atoms with van der Waals surface area (Å²) in [4.78, 5) is 30.6. The van der Waals surface area contributed by atoms with Crippen LogP contribution in [-0.2, 0) is 9.53 Å². The fraction of sp³-hybridized carbons (Fsp3) is 0.500. The number of carbonyl (C=O) groups is 2. The molecule has 3 rings (SSSR count). The number of nitrogens with zero attached hydrogens (tertiary/aromatic N) is 3. The molecule has 0 saturated carbocycles. The first-order valence-corrected chi connectivity index (χ1v) is 12.6. The summed E-state index contributed by atoms with van der Waals surface area (Å²) in [5.74, 6) is -0.441. The van der Waals surface area contributed by atoms with Gasteiger partial charge in [-0.1, -0.05) is 26.8 Å². The molecule has 2 saturated heterocycles. The Bertz CT molecular complexity index is 869. The summed E-state index contributed by atoms with van der Waals surface area (Å²) < 4.78 is 20.0. The van der Waals surface area contributed by atoms with Crippen molar-refractivity contribution < 1.29 is 18.7 Å². The number of allylic oxidation sites excluding steroid dienone is 2. The summed E-state index contributed by atoms with van der Waals surface area (Å²) in [5, 5.41) is 0. The summed E-state index contributed by atoms with van der Waals surface area (Å²) in [7, 11) is 0. The van der Waals surface area contributed by atoms with E-state index in [2.05, 4.69) is 13.0 Å². The van der Waals surface area contributed by atoms with E-state index in [1.807, 2.05) is 31.1 Å². The Hall–Kier alpha value is -2.52. The SMILES string of the molecule is CC.CC/C=C(/C=C/C(=O)N1CCN(c2ccc(N3C[C@H](CN)OC3=O)cc2F)CC1)SC. The largest absolute Gasteiger partial charge is 0.443 e. The Labute approximate surface area is 200 Å². The van der Waals surface area contributed by atoms with Crippen LogP contribution in [0, 0.1) is 5.82 Å². The van der Waals surface area contributed by atoms with Crippen LogP contribution in [0.15, 0.2) is 41.3 Å². The van der Waals surface area contributed by atoms with Crippen LogP contribution in [0.3, 0.4) is 0 Å². The molecule has 2 aliphatic heterocycles. The van der Waals surface area contributed by atoms with E-state index in [0.29, 0.717) is 44.1 Å². The van der Waals surface area contributed by atoms with Gasteiger partial charge in [0.2, 0.25) is 5.91 Å². The molecule has 1 aromatic carbocycles. The van der Waals surface area contributed by atoms with E-state index in [0.717, 1.165) is 11.3 Å². The summed E-state index contributed by atoms with van der Waals surface area (Å²) >= 11 is 1.61. The number of carbonyl (C=O) groups excluding carboxylic acids is 2. The molecular formula is C24H35FN4O3S. The lowest BCUT2D eigenvalue weighted by molar-refractivity contribution is -0.126. The van der Waals surface area contributed by atoms with Gasteiger partial charge >= 0.3 is 6.09 Å². The van der Waals surface area contributed by atoms with Crippen LogP contribution in [0.4, 0.5) is 20.6 Å². The van der Waals surface area contributed by atoms with Crippen molar-refractivity contribution in [3.8, 4) is 0 Å². The first-order chi connectivity index (χ1) is 16.0. The van der Waals surface area contributed by atoms with E-state index in [1.165, 1.54) is 11.0 Å². The molecule has 0 bridgehead atoms. The lowest BCUT2D eigenvalue weighted by atomic mass is 10.2. The van der Waals surface area contributed by atoms with Gasteiger partial charge in [0.15, 0.2) is 0 Å². The van der Waals surface area contributed by atoms with Gasteiger partial charge in [0, 0.05) is 43.7 Å². The number of nitrogens with two attached hydrogens (primary N) is 1. The molecule has 1 atom stereocenters. The predicted octanol–water partition coefficient (Wildman–Crippen LogP) is 4.00. The van der Waals surface area contributed by atoms with Crippen molar-refractivity contribution in [2.75, 3.05) is 55.3 Å². The number of hydrogen-bond donors (Lipinski definition) is 1. The van der Waals surface area contributed by atoms with Gasteiger partial charge in [0.25, 0.3) is 0 Å². The number of rotatable bonds is 7. The second-order valence-electron chi connectivity index (χ2n) is 7.35. The van der Waals surface area contributed by atoms with Crippen molar-refractivity contribution in [3.05, 3.63) is 47.1 Å². The third-order valence-corrected chi connectivity index (χ3v) is 6.12. The van der Waals surface area contributed by atoms with E-state index in [1.54, 1.807) is 34.9 Å². The van der Waals surface area contributed by atoms with E-state index < -0.39 is 11.9 Å². The molecule has 0 spiro atoms. The molecular weight excluding hydrogens is 443 g/mol. The first-order valence-electron chi connectivity index (χ1n) is 11.4.